The summed E-state index contributed by atoms with van der Waals surface area (Å²) < 4.78 is 5.68. The molecular formula is C17H18Cl2N4O3S. The number of aromatic nitrogens is 2. The highest BCUT2D eigenvalue weighted by molar-refractivity contribution is 7.13. The van der Waals surface area contributed by atoms with Crippen LogP contribution < -0.4 is 10.1 Å². The largest absolute Gasteiger partial charge is 0.479 e. The van der Waals surface area contributed by atoms with E-state index in [0.717, 1.165) is 0 Å². The van der Waals surface area contributed by atoms with Crippen molar-refractivity contribution in [3.05, 3.63) is 33.8 Å². The van der Waals surface area contributed by atoms with E-state index < -0.39 is 6.10 Å². The van der Waals surface area contributed by atoms with E-state index in [1.807, 2.05) is 0 Å². The van der Waals surface area contributed by atoms with Gasteiger partial charge < -0.3 is 15.0 Å². The molecule has 27 heavy (non-hydrogen) atoms. The van der Waals surface area contributed by atoms with Gasteiger partial charge in [-0.25, -0.2) is 0 Å². The maximum atomic E-state index is 12.6. The van der Waals surface area contributed by atoms with Crippen molar-refractivity contribution >= 4 is 51.5 Å². The van der Waals surface area contributed by atoms with E-state index in [1.54, 1.807) is 35.5 Å². The lowest BCUT2D eigenvalue weighted by Crippen LogP contribution is -2.46. The molecule has 1 aromatic carbocycles. The van der Waals surface area contributed by atoms with Gasteiger partial charge in [-0.1, -0.05) is 34.5 Å². The summed E-state index contributed by atoms with van der Waals surface area (Å²) in [6, 6.07) is 4.86. The molecule has 7 nitrogen and oxygen atoms in total. The van der Waals surface area contributed by atoms with E-state index in [4.69, 9.17) is 27.9 Å². The van der Waals surface area contributed by atoms with E-state index in [2.05, 4.69) is 15.5 Å². The van der Waals surface area contributed by atoms with Crippen LogP contribution in [-0.4, -0.2) is 46.1 Å². The zero-order chi connectivity index (χ0) is 19.4. The fourth-order valence-electron chi connectivity index (χ4n) is 2.87. The summed E-state index contributed by atoms with van der Waals surface area (Å²) in [7, 11) is 0. The van der Waals surface area contributed by atoms with Crippen LogP contribution in [0.15, 0.2) is 23.7 Å². The Kier molecular flexibility index (Phi) is 6.51. The third-order valence-electron chi connectivity index (χ3n) is 4.31. The monoisotopic (exact) mass is 428 g/mol. The van der Waals surface area contributed by atoms with Crippen molar-refractivity contribution in [3.63, 3.8) is 0 Å². The number of piperidine rings is 1. The van der Waals surface area contributed by atoms with Crippen LogP contribution in [0.5, 0.6) is 5.75 Å². The second-order valence-electron chi connectivity index (χ2n) is 6.17. The fourth-order valence-corrected chi connectivity index (χ4v) is 3.77. The summed E-state index contributed by atoms with van der Waals surface area (Å²) in [6.07, 6.45) is 0.491. The van der Waals surface area contributed by atoms with E-state index in [1.165, 1.54) is 11.3 Å². The van der Waals surface area contributed by atoms with E-state index in [9.17, 15) is 9.59 Å². The van der Waals surface area contributed by atoms with Gasteiger partial charge in [-0.2, -0.15) is 0 Å². The van der Waals surface area contributed by atoms with E-state index in [-0.39, 0.29) is 17.7 Å². The summed E-state index contributed by atoms with van der Waals surface area (Å²) in [5, 5.41) is 11.6. The van der Waals surface area contributed by atoms with E-state index in [0.29, 0.717) is 46.9 Å². The van der Waals surface area contributed by atoms with Crippen LogP contribution in [-0.2, 0) is 9.59 Å². The molecule has 1 aromatic heterocycles. The molecule has 2 amide bonds. The van der Waals surface area contributed by atoms with Crippen molar-refractivity contribution in [1.29, 1.82) is 0 Å². The van der Waals surface area contributed by atoms with Gasteiger partial charge in [0.05, 0.1) is 5.02 Å². The Bertz CT molecular complexity index is 811. The Morgan fingerprint density at radius 1 is 1.33 bits per heavy atom. The SMILES string of the molecule is CC(Oc1ccc(Cl)cc1Cl)C(=O)N1CCC(C(=O)Nc2nncs2)CC1. The van der Waals surface area contributed by atoms with Crippen molar-refractivity contribution in [1.82, 2.24) is 15.1 Å². The normalized spacial score (nSPS) is 16.0. The zero-order valence-electron chi connectivity index (χ0n) is 14.5. The van der Waals surface area contributed by atoms with Gasteiger partial charge in [0.1, 0.15) is 11.3 Å². The molecule has 144 valence electrons. The lowest BCUT2D eigenvalue weighted by atomic mass is 9.95. The Balaban J connectivity index is 1.51. The molecule has 0 aliphatic carbocycles. The molecule has 2 aromatic rings. The quantitative estimate of drug-likeness (QED) is 0.787. The predicted molar refractivity (Wildman–Crippen MR) is 104 cm³/mol. The zero-order valence-corrected chi connectivity index (χ0v) is 16.9. The summed E-state index contributed by atoms with van der Waals surface area (Å²) in [5.41, 5.74) is 1.56. The molecule has 1 saturated heterocycles. The molecule has 1 unspecified atom stereocenters. The third-order valence-corrected chi connectivity index (χ3v) is 5.45. The maximum Gasteiger partial charge on any atom is 0.263 e. The molecule has 10 heteroatoms. The number of benzene rings is 1. The number of anilines is 1. The number of nitrogens with one attached hydrogen (secondary N) is 1. The van der Waals surface area contributed by atoms with Crippen molar-refractivity contribution in [2.75, 3.05) is 18.4 Å². The first-order valence-corrected chi connectivity index (χ1v) is 10.0. The maximum absolute atomic E-state index is 12.6. The molecule has 1 fully saturated rings. The standard InChI is InChI=1S/C17H18Cl2N4O3S/c1-10(26-14-3-2-12(18)8-13(14)19)16(25)23-6-4-11(5-7-23)15(24)21-17-22-20-9-27-17/h2-3,8-11H,4-7H2,1H3,(H,21,22,24). The molecule has 1 aliphatic heterocycles. The highest BCUT2D eigenvalue weighted by Crippen LogP contribution is 2.29. The van der Waals surface area contributed by atoms with Gasteiger partial charge >= 0.3 is 0 Å². The molecule has 3 rings (SSSR count). The number of halogens is 2. The van der Waals surface area contributed by atoms with Gasteiger partial charge in [0.2, 0.25) is 11.0 Å². The number of carbonyl (C=O) groups is 2. The number of ether oxygens (including phenoxy) is 1. The Morgan fingerprint density at radius 3 is 2.70 bits per heavy atom. The van der Waals surface area contributed by atoms with Gasteiger partial charge in [0.15, 0.2) is 6.10 Å². The predicted octanol–water partition coefficient (Wildman–Crippen LogP) is 3.49. The van der Waals surface area contributed by atoms with Crippen LogP contribution in [0.3, 0.4) is 0 Å². The molecule has 2 heterocycles. The number of carbonyl (C=O) groups excluding carboxylic acids is 2. The molecule has 0 spiro atoms. The minimum atomic E-state index is -0.685. The van der Waals surface area contributed by atoms with Crippen LogP contribution in [0, 0.1) is 5.92 Å². The van der Waals surface area contributed by atoms with Crippen LogP contribution in [0.2, 0.25) is 10.0 Å². The number of rotatable bonds is 5. The van der Waals surface area contributed by atoms with Crippen LogP contribution in [0.1, 0.15) is 19.8 Å². The molecule has 1 aliphatic rings. The van der Waals surface area contributed by atoms with Crippen LogP contribution in [0.4, 0.5) is 5.13 Å². The van der Waals surface area contributed by atoms with Gasteiger partial charge in [0.25, 0.3) is 5.91 Å². The van der Waals surface area contributed by atoms with Gasteiger partial charge in [-0.15, -0.1) is 10.2 Å². The number of nitrogens with zero attached hydrogens (tertiary/aromatic N) is 3. The van der Waals surface area contributed by atoms with Crippen molar-refractivity contribution in [2.24, 2.45) is 5.92 Å². The van der Waals surface area contributed by atoms with Crippen LogP contribution >= 0.6 is 34.5 Å². The highest BCUT2D eigenvalue weighted by atomic mass is 35.5. The number of hydrogen-bond acceptors (Lipinski definition) is 6. The second-order valence-corrected chi connectivity index (χ2v) is 7.84. The summed E-state index contributed by atoms with van der Waals surface area (Å²) in [4.78, 5) is 26.6. The number of hydrogen-bond donors (Lipinski definition) is 1. The third kappa shape index (κ3) is 5.09. The number of likely N-dealkylation sites (tertiary alicyclic amines) is 1. The molecule has 0 bridgehead atoms. The Morgan fingerprint density at radius 2 is 2.07 bits per heavy atom. The lowest BCUT2D eigenvalue weighted by molar-refractivity contribution is -0.140. The molecular weight excluding hydrogens is 411 g/mol. The van der Waals surface area contributed by atoms with Crippen LogP contribution in [0.25, 0.3) is 0 Å². The minimum Gasteiger partial charge on any atom is -0.479 e. The second kappa shape index (κ2) is 8.86. The Labute approximate surface area is 170 Å². The van der Waals surface area contributed by atoms with Gasteiger partial charge in [0, 0.05) is 24.0 Å². The van der Waals surface area contributed by atoms with Gasteiger partial charge in [-0.3, -0.25) is 9.59 Å². The summed E-state index contributed by atoms with van der Waals surface area (Å²) in [5.74, 6) is 0.0354. The number of amides is 2. The average molecular weight is 429 g/mol. The van der Waals surface area contributed by atoms with Crippen molar-refractivity contribution in [2.45, 2.75) is 25.9 Å². The first kappa shape index (κ1) is 19.9. The first-order chi connectivity index (χ1) is 12.9. The lowest BCUT2D eigenvalue weighted by Gasteiger charge is -2.32. The van der Waals surface area contributed by atoms with Crippen molar-refractivity contribution in [3.8, 4) is 5.75 Å². The Hall–Kier alpha value is -1.90. The first-order valence-electron chi connectivity index (χ1n) is 8.41. The topological polar surface area (TPSA) is 84.4 Å². The van der Waals surface area contributed by atoms with E-state index >= 15 is 0 Å². The minimum absolute atomic E-state index is 0.0870. The highest BCUT2D eigenvalue weighted by Gasteiger charge is 2.30. The molecule has 1 N–H and O–H groups in total. The smallest absolute Gasteiger partial charge is 0.263 e. The average Bonchev–Trinajstić information content (AvgIpc) is 3.16. The fraction of sp³-hybridized carbons (Fsp3) is 0.412. The van der Waals surface area contributed by atoms with Crippen molar-refractivity contribution < 1.29 is 14.3 Å². The summed E-state index contributed by atoms with van der Waals surface area (Å²) >= 11 is 13.2. The summed E-state index contributed by atoms with van der Waals surface area (Å²) in [6.45, 7) is 2.67. The molecule has 0 radical (unpaired) electrons. The van der Waals surface area contributed by atoms with Gasteiger partial charge in [-0.05, 0) is 38.0 Å². The molecule has 1 atom stereocenters. The molecule has 0 saturated carbocycles.